The van der Waals surface area contributed by atoms with Crippen molar-refractivity contribution in [3.8, 4) is 0 Å². The number of hydrogen-bond donors (Lipinski definition) is 0. The van der Waals surface area contributed by atoms with Crippen LogP contribution in [0.1, 0.15) is 43.1 Å². The topological polar surface area (TPSA) is 85.5 Å². The van der Waals surface area contributed by atoms with Crippen LogP contribution in [0.4, 0.5) is 5.69 Å². The van der Waals surface area contributed by atoms with Crippen molar-refractivity contribution < 1.29 is 19.0 Å². The molecule has 0 spiro atoms. The fourth-order valence-corrected chi connectivity index (χ4v) is 2.81. The van der Waals surface area contributed by atoms with Crippen molar-refractivity contribution in [2.45, 2.75) is 39.7 Å². The van der Waals surface area contributed by atoms with Crippen LogP contribution in [0, 0.1) is 12.8 Å². The van der Waals surface area contributed by atoms with Gasteiger partial charge < -0.3 is 9.64 Å². The molecule has 7 heteroatoms. The van der Waals surface area contributed by atoms with Gasteiger partial charge in [0.25, 0.3) is 0 Å². The van der Waals surface area contributed by atoms with E-state index in [0.29, 0.717) is 30.3 Å². The number of nitrogens with zero attached hydrogens (tertiary/aromatic N) is 3. The van der Waals surface area contributed by atoms with E-state index in [4.69, 9.17) is 4.74 Å². The van der Waals surface area contributed by atoms with Gasteiger partial charge in [-0.1, -0.05) is 36.3 Å². The van der Waals surface area contributed by atoms with Gasteiger partial charge in [0.05, 0.1) is 0 Å². The number of aryl methyl sites for hydroxylation is 1. The second-order valence-electron chi connectivity index (χ2n) is 6.48. The summed E-state index contributed by atoms with van der Waals surface area (Å²) in [4.78, 5) is 26.4. The normalized spacial score (nSPS) is 17.4. The molecule has 1 fully saturated rings. The minimum atomic E-state index is -0.773. The Labute approximate surface area is 145 Å². The van der Waals surface area contributed by atoms with Gasteiger partial charge in [-0.25, -0.2) is 4.63 Å². The van der Waals surface area contributed by atoms with E-state index < -0.39 is 11.9 Å². The fraction of sp³-hybridized carbons (Fsp3) is 0.444. The van der Waals surface area contributed by atoms with Gasteiger partial charge in [-0.3, -0.25) is 9.59 Å². The van der Waals surface area contributed by atoms with Crippen molar-refractivity contribution in [2.75, 3.05) is 11.4 Å². The molecule has 2 aromatic rings. The van der Waals surface area contributed by atoms with Crippen molar-refractivity contribution in [1.29, 1.82) is 0 Å². The maximum atomic E-state index is 12.6. The lowest BCUT2D eigenvalue weighted by Gasteiger charge is -2.17. The standard InChI is InChI=1S/C18H21N3O4/c1-11(2)13-4-6-14(7-5-13)21-9-8-15(17(21)22)18(23)24-10-16-12(3)19-25-20-16/h4-7,11,15H,8-10H2,1-3H3/t15-/m1/s1. The number of aromatic nitrogens is 2. The Morgan fingerprint density at radius 2 is 2.04 bits per heavy atom. The van der Waals surface area contributed by atoms with Crippen LogP contribution < -0.4 is 4.90 Å². The molecule has 0 unspecified atom stereocenters. The summed E-state index contributed by atoms with van der Waals surface area (Å²) in [6.07, 6.45) is 0.444. The molecule has 0 radical (unpaired) electrons. The van der Waals surface area contributed by atoms with Gasteiger partial charge in [0.15, 0.2) is 0 Å². The number of carbonyl (C=O) groups excluding carboxylic acids is 2. The van der Waals surface area contributed by atoms with E-state index in [0.717, 1.165) is 5.69 Å². The van der Waals surface area contributed by atoms with Crippen LogP contribution in [0.3, 0.4) is 0 Å². The molecule has 1 aliphatic rings. The Morgan fingerprint density at radius 1 is 1.32 bits per heavy atom. The van der Waals surface area contributed by atoms with E-state index in [9.17, 15) is 9.59 Å². The Hall–Kier alpha value is -2.70. The van der Waals surface area contributed by atoms with Crippen LogP contribution in [0.2, 0.25) is 0 Å². The van der Waals surface area contributed by atoms with E-state index in [-0.39, 0.29) is 12.5 Å². The zero-order valence-corrected chi connectivity index (χ0v) is 14.6. The second-order valence-corrected chi connectivity index (χ2v) is 6.48. The predicted octanol–water partition coefficient (Wildman–Crippen LogP) is 2.60. The van der Waals surface area contributed by atoms with Gasteiger partial charge in [-0.05, 0) is 37.0 Å². The molecule has 1 aromatic carbocycles. The first-order chi connectivity index (χ1) is 12.0. The van der Waals surface area contributed by atoms with Crippen LogP contribution in [-0.4, -0.2) is 28.7 Å². The summed E-state index contributed by atoms with van der Waals surface area (Å²) in [6, 6.07) is 7.87. The molecule has 3 rings (SSSR count). The first-order valence-corrected chi connectivity index (χ1v) is 8.33. The van der Waals surface area contributed by atoms with Crippen LogP contribution in [0.25, 0.3) is 0 Å². The van der Waals surface area contributed by atoms with Gasteiger partial charge in [-0.15, -0.1) is 0 Å². The molecule has 0 aliphatic carbocycles. The Morgan fingerprint density at radius 3 is 2.64 bits per heavy atom. The Kier molecular flexibility index (Phi) is 4.83. The SMILES string of the molecule is Cc1nonc1COC(=O)[C@@H]1CCN(c2ccc(C(C)C)cc2)C1=O. The lowest BCUT2D eigenvalue weighted by molar-refractivity contribution is -0.152. The molecular formula is C18H21N3O4. The Bertz CT molecular complexity index is 767. The van der Waals surface area contributed by atoms with E-state index in [1.54, 1.807) is 11.8 Å². The number of anilines is 1. The number of rotatable bonds is 5. The molecule has 0 N–H and O–H groups in total. The lowest BCUT2D eigenvalue weighted by Crippen LogP contribution is -2.31. The minimum Gasteiger partial charge on any atom is -0.458 e. The van der Waals surface area contributed by atoms with Crippen molar-refractivity contribution in [2.24, 2.45) is 5.92 Å². The van der Waals surface area contributed by atoms with Gasteiger partial charge in [-0.2, -0.15) is 0 Å². The van der Waals surface area contributed by atoms with Crippen LogP contribution in [0.5, 0.6) is 0 Å². The van der Waals surface area contributed by atoms with E-state index in [1.807, 2.05) is 24.3 Å². The highest BCUT2D eigenvalue weighted by Crippen LogP contribution is 2.27. The molecule has 25 heavy (non-hydrogen) atoms. The summed E-state index contributed by atoms with van der Waals surface area (Å²) >= 11 is 0. The molecule has 2 heterocycles. The third-order valence-electron chi connectivity index (χ3n) is 4.46. The zero-order chi connectivity index (χ0) is 18.0. The maximum absolute atomic E-state index is 12.6. The zero-order valence-electron chi connectivity index (χ0n) is 14.6. The number of benzene rings is 1. The number of esters is 1. The van der Waals surface area contributed by atoms with Gasteiger partial charge in [0, 0.05) is 12.2 Å². The summed E-state index contributed by atoms with van der Waals surface area (Å²) in [5, 5.41) is 7.29. The smallest absolute Gasteiger partial charge is 0.318 e. The summed E-state index contributed by atoms with van der Waals surface area (Å²) < 4.78 is 9.77. The highest BCUT2D eigenvalue weighted by atomic mass is 16.6. The number of hydrogen-bond acceptors (Lipinski definition) is 6. The monoisotopic (exact) mass is 343 g/mol. The average molecular weight is 343 g/mol. The largest absolute Gasteiger partial charge is 0.458 e. The highest BCUT2D eigenvalue weighted by Gasteiger charge is 2.38. The van der Waals surface area contributed by atoms with Crippen molar-refractivity contribution in [3.05, 3.63) is 41.2 Å². The molecule has 0 saturated carbocycles. The van der Waals surface area contributed by atoms with Crippen molar-refractivity contribution >= 4 is 17.6 Å². The minimum absolute atomic E-state index is 0.0406. The lowest BCUT2D eigenvalue weighted by atomic mass is 10.0. The van der Waals surface area contributed by atoms with Crippen molar-refractivity contribution in [1.82, 2.24) is 10.3 Å². The van der Waals surface area contributed by atoms with Gasteiger partial charge in [0.1, 0.15) is 23.9 Å². The summed E-state index contributed by atoms with van der Waals surface area (Å²) in [5.41, 5.74) is 3.04. The molecule has 1 saturated heterocycles. The molecule has 1 aromatic heterocycles. The third kappa shape index (κ3) is 3.55. The summed E-state index contributed by atoms with van der Waals surface area (Å²) in [5.74, 6) is -1.10. The molecule has 1 atom stereocenters. The molecule has 7 nitrogen and oxygen atoms in total. The summed E-state index contributed by atoms with van der Waals surface area (Å²) in [6.45, 7) is 6.41. The molecule has 1 aliphatic heterocycles. The molecule has 132 valence electrons. The Balaban J connectivity index is 1.62. The molecule has 1 amide bonds. The van der Waals surface area contributed by atoms with Gasteiger partial charge in [0.2, 0.25) is 5.91 Å². The third-order valence-corrected chi connectivity index (χ3v) is 4.46. The second kappa shape index (κ2) is 7.04. The first kappa shape index (κ1) is 17.1. The van der Waals surface area contributed by atoms with E-state index in [2.05, 4.69) is 28.8 Å². The quantitative estimate of drug-likeness (QED) is 0.613. The number of amides is 1. The first-order valence-electron chi connectivity index (χ1n) is 8.33. The van der Waals surface area contributed by atoms with Gasteiger partial charge >= 0.3 is 5.97 Å². The van der Waals surface area contributed by atoms with Crippen LogP contribution in [0.15, 0.2) is 28.9 Å². The number of ether oxygens (including phenoxy) is 1. The molecular weight excluding hydrogens is 322 g/mol. The fourth-order valence-electron chi connectivity index (χ4n) is 2.81. The maximum Gasteiger partial charge on any atom is 0.318 e. The highest BCUT2D eigenvalue weighted by molar-refractivity contribution is 6.08. The van der Waals surface area contributed by atoms with Crippen LogP contribution in [-0.2, 0) is 20.9 Å². The van der Waals surface area contributed by atoms with E-state index in [1.165, 1.54) is 5.56 Å². The van der Waals surface area contributed by atoms with Crippen LogP contribution >= 0.6 is 0 Å². The summed E-state index contributed by atoms with van der Waals surface area (Å²) in [7, 11) is 0. The average Bonchev–Trinajstić information content (AvgIpc) is 3.18. The predicted molar refractivity (Wildman–Crippen MR) is 89.8 cm³/mol. The van der Waals surface area contributed by atoms with Crippen molar-refractivity contribution in [3.63, 3.8) is 0 Å². The molecule has 0 bridgehead atoms. The van der Waals surface area contributed by atoms with E-state index >= 15 is 0 Å². The number of carbonyl (C=O) groups is 2.